The molecule has 7 nitrogen and oxygen atoms in total. The summed E-state index contributed by atoms with van der Waals surface area (Å²) in [7, 11) is 5.01. The summed E-state index contributed by atoms with van der Waals surface area (Å²) < 4.78 is 12.4. The molecule has 144 valence electrons. The van der Waals surface area contributed by atoms with Crippen molar-refractivity contribution in [1.82, 2.24) is 14.5 Å². The normalized spacial score (nSPS) is 19.1. The number of aromatic nitrogens is 3. The van der Waals surface area contributed by atoms with Crippen molar-refractivity contribution in [1.29, 1.82) is 0 Å². The van der Waals surface area contributed by atoms with Crippen LogP contribution in [-0.2, 0) is 24.6 Å². The Bertz CT molecular complexity index is 861. The maximum Gasteiger partial charge on any atom is 0.343 e. The Morgan fingerprint density at radius 2 is 1.96 bits per heavy atom. The molecule has 7 heteroatoms. The molecule has 0 saturated carbocycles. The lowest BCUT2D eigenvalue weighted by Crippen LogP contribution is -2.26. The van der Waals surface area contributed by atoms with Gasteiger partial charge in [0.15, 0.2) is 0 Å². The van der Waals surface area contributed by atoms with E-state index in [2.05, 4.69) is 21.5 Å². The number of aryl methyl sites for hydroxylation is 1. The first-order chi connectivity index (χ1) is 13.1. The van der Waals surface area contributed by atoms with Crippen molar-refractivity contribution in [3.8, 4) is 5.88 Å². The molecule has 2 aromatic rings. The first-order valence-electron chi connectivity index (χ1n) is 9.58. The topological polar surface area (TPSA) is 69.5 Å². The van der Waals surface area contributed by atoms with Crippen molar-refractivity contribution in [2.24, 2.45) is 7.05 Å². The van der Waals surface area contributed by atoms with Crippen LogP contribution in [0.15, 0.2) is 12.1 Å². The highest BCUT2D eigenvalue weighted by Gasteiger charge is 2.33. The van der Waals surface area contributed by atoms with Gasteiger partial charge in [-0.3, -0.25) is 0 Å². The number of hydrogen-bond donors (Lipinski definition) is 0. The number of hydrogen-bond acceptors (Lipinski definition) is 6. The second kappa shape index (κ2) is 7.21. The van der Waals surface area contributed by atoms with Crippen LogP contribution in [-0.4, -0.2) is 41.3 Å². The first-order valence-corrected chi connectivity index (χ1v) is 9.58. The molecule has 1 aliphatic carbocycles. The molecule has 0 aromatic carbocycles. The van der Waals surface area contributed by atoms with Gasteiger partial charge in [0.25, 0.3) is 0 Å². The Morgan fingerprint density at radius 3 is 2.70 bits per heavy atom. The van der Waals surface area contributed by atoms with Crippen LogP contribution in [0.4, 0.5) is 5.82 Å². The molecule has 1 unspecified atom stereocenters. The van der Waals surface area contributed by atoms with E-state index in [0.717, 1.165) is 43.9 Å². The van der Waals surface area contributed by atoms with Crippen LogP contribution >= 0.6 is 0 Å². The maximum absolute atomic E-state index is 11.9. The molecular formula is C20H26N4O3. The summed E-state index contributed by atoms with van der Waals surface area (Å²) in [5.41, 5.74) is 2.99. The van der Waals surface area contributed by atoms with Crippen LogP contribution in [0.25, 0.3) is 0 Å². The van der Waals surface area contributed by atoms with E-state index in [1.165, 1.54) is 38.4 Å². The van der Waals surface area contributed by atoms with Crippen LogP contribution in [0, 0.1) is 0 Å². The van der Waals surface area contributed by atoms with Gasteiger partial charge in [-0.05, 0) is 50.7 Å². The highest BCUT2D eigenvalue weighted by atomic mass is 16.5. The molecule has 2 aliphatic rings. The third kappa shape index (κ3) is 3.05. The average molecular weight is 370 g/mol. The third-order valence-corrected chi connectivity index (χ3v) is 5.70. The molecule has 1 saturated heterocycles. The van der Waals surface area contributed by atoms with E-state index in [0.29, 0.717) is 11.4 Å². The lowest BCUT2D eigenvalue weighted by Gasteiger charge is -2.26. The molecule has 1 aliphatic heterocycles. The van der Waals surface area contributed by atoms with Gasteiger partial charge in [0.2, 0.25) is 5.88 Å². The number of nitrogens with zero attached hydrogens (tertiary/aromatic N) is 4. The highest BCUT2D eigenvalue weighted by molar-refractivity contribution is 5.92. The summed E-state index contributed by atoms with van der Waals surface area (Å²) in [6.45, 7) is 0.913. The number of carbonyl (C=O) groups is 1. The predicted octanol–water partition coefficient (Wildman–Crippen LogP) is 2.83. The van der Waals surface area contributed by atoms with Gasteiger partial charge in [-0.25, -0.2) is 9.78 Å². The smallest absolute Gasteiger partial charge is 0.343 e. The molecule has 1 atom stereocenters. The summed E-state index contributed by atoms with van der Waals surface area (Å²) in [4.78, 5) is 23.8. The zero-order valence-electron chi connectivity index (χ0n) is 16.2. The zero-order chi connectivity index (χ0) is 19.0. The molecule has 3 heterocycles. The van der Waals surface area contributed by atoms with Crippen molar-refractivity contribution in [2.45, 2.75) is 44.6 Å². The van der Waals surface area contributed by atoms with Gasteiger partial charge in [-0.1, -0.05) is 0 Å². The Morgan fingerprint density at radius 1 is 1.15 bits per heavy atom. The fourth-order valence-corrected chi connectivity index (χ4v) is 4.33. The quantitative estimate of drug-likeness (QED) is 0.771. The maximum atomic E-state index is 11.9. The molecule has 27 heavy (non-hydrogen) atoms. The SMILES string of the molecule is COC(=O)c1ccc(N2CCCC2c2nc3c(n2C)CCCC3)nc1OC. The van der Waals surface area contributed by atoms with Gasteiger partial charge in [-0.2, -0.15) is 4.98 Å². The van der Waals surface area contributed by atoms with E-state index in [-0.39, 0.29) is 6.04 Å². The summed E-state index contributed by atoms with van der Waals surface area (Å²) in [5, 5.41) is 0. The van der Waals surface area contributed by atoms with Crippen LogP contribution < -0.4 is 9.64 Å². The summed E-state index contributed by atoms with van der Waals surface area (Å²) in [6, 6.07) is 3.80. The molecule has 0 radical (unpaired) electrons. The number of pyridine rings is 1. The summed E-state index contributed by atoms with van der Waals surface area (Å²) in [5.74, 6) is 1.78. The minimum absolute atomic E-state index is 0.196. The summed E-state index contributed by atoms with van der Waals surface area (Å²) >= 11 is 0. The molecule has 0 N–H and O–H groups in total. The first kappa shape index (κ1) is 17.8. The van der Waals surface area contributed by atoms with E-state index < -0.39 is 5.97 Å². The minimum Gasteiger partial charge on any atom is -0.480 e. The molecule has 0 bridgehead atoms. The number of imidazole rings is 1. The number of ether oxygens (including phenoxy) is 2. The van der Waals surface area contributed by atoms with Crippen LogP contribution in [0.2, 0.25) is 0 Å². The van der Waals surface area contributed by atoms with Gasteiger partial charge in [0.1, 0.15) is 17.2 Å². The van der Waals surface area contributed by atoms with Crippen LogP contribution in [0.3, 0.4) is 0 Å². The second-order valence-electron chi connectivity index (χ2n) is 7.20. The van der Waals surface area contributed by atoms with Crippen molar-refractivity contribution in [3.63, 3.8) is 0 Å². The van der Waals surface area contributed by atoms with Crippen molar-refractivity contribution >= 4 is 11.8 Å². The molecule has 0 spiro atoms. The Kier molecular flexibility index (Phi) is 4.76. The monoisotopic (exact) mass is 370 g/mol. The lowest BCUT2D eigenvalue weighted by atomic mass is 10.0. The fraction of sp³-hybridized carbons (Fsp3) is 0.550. The molecule has 0 amide bonds. The summed E-state index contributed by atoms with van der Waals surface area (Å²) in [6.07, 6.45) is 6.80. The van der Waals surface area contributed by atoms with Gasteiger partial charge >= 0.3 is 5.97 Å². The predicted molar refractivity (Wildman–Crippen MR) is 101 cm³/mol. The van der Waals surface area contributed by atoms with Crippen LogP contribution in [0.5, 0.6) is 5.88 Å². The van der Waals surface area contributed by atoms with Crippen molar-refractivity contribution < 1.29 is 14.3 Å². The zero-order valence-corrected chi connectivity index (χ0v) is 16.2. The van der Waals surface area contributed by atoms with Crippen molar-refractivity contribution in [2.75, 3.05) is 25.7 Å². The molecular weight excluding hydrogens is 344 g/mol. The number of methoxy groups -OCH3 is 2. The van der Waals surface area contributed by atoms with Gasteiger partial charge in [-0.15, -0.1) is 0 Å². The number of rotatable bonds is 4. The van der Waals surface area contributed by atoms with Crippen LogP contribution in [0.1, 0.15) is 59.3 Å². The second-order valence-corrected chi connectivity index (χ2v) is 7.20. The number of fused-ring (bicyclic) bond motifs is 1. The van der Waals surface area contributed by atoms with E-state index in [1.54, 1.807) is 6.07 Å². The fourth-order valence-electron chi connectivity index (χ4n) is 4.33. The number of esters is 1. The van der Waals surface area contributed by atoms with Gasteiger partial charge in [0.05, 0.1) is 26.0 Å². The van der Waals surface area contributed by atoms with E-state index in [9.17, 15) is 4.79 Å². The van der Waals surface area contributed by atoms with E-state index >= 15 is 0 Å². The highest BCUT2D eigenvalue weighted by Crippen LogP contribution is 2.37. The van der Waals surface area contributed by atoms with E-state index in [4.69, 9.17) is 14.5 Å². The standard InChI is InChI=1S/C20H26N4O3/c1-23-15-8-5-4-7-14(15)21-18(23)16-9-6-12-24(16)17-11-10-13(20(25)27-3)19(22-17)26-2/h10-11,16H,4-9,12H2,1-3H3. The number of anilines is 1. The average Bonchev–Trinajstić information content (AvgIpc) is 3.32. The molecule has 1 fully saturated rings. The Balaban J connectivity index is 1.68. The van der Waals surface area contributed by atoms with Gasteiger partial charge in [0, 0.05) is 19.3 Å². The Hall–Kier alpha value is -2.57. The lowest BCUT2D eigenvalue weighted by molar-refractivity contribution is 0.0596. The third-order valence-electron chi connectivity index (χ3n) is 5.70. The van der Waals surface area contributed by atoms with E-state index in [1.807, 2.05) is 6.07 Å². The molecule has 2 aromatic heterocycles. The minimum atomic E-state index is -0.444. The number of carbonyl (C=O) groups excluding carboxylic acids is 1. The van der Waals surface area contributed by atoms with Crippen molar-refractivity contribution in [3.05, 3.63) is 34.9 Å². The largest absolute Gasteiger partial charge is 0.480 e. The van der Waals surface area contributed by atoms with Gasteiger partial charge < -0.3 is 18.9 Å². The Labute approximate surface area is 159 Å². The molecule has 4 rings (SSSR count).